The molecule has 1 aliphatic rings. The highest BCUT2D eigenvalue weighted by Crippen LogP contribution is 2.16. The molecule has 1 fully saturated rings. The van der Waals surface area contributed by atoms with Crippen molar-refractivity contribution in [1.29, 1.82) is 0 Å². The number of nitrogens with one attached hydrogen (secondary N) is 1. The molecule has 28 heavy (non-hydrogen) atoms. The number of hydrogen-bond acceptors (Lipinski definition) is 4. The molecule has 1 amide bonds. The topological polar surface area (TPSA) is 50.8 Å². The molecule has 5 nitrogen and oxygen atoms in total. The standard InChI is InChI=1S/C23H30N2O3/c1-3-22(28-21-9-4-6-18(2)14-21)23(26)24-16-19-7-5-8-20(15-19)17-25-10-12-27-13-11-25/h4-9,14-15,22H,3,10-13,16-17H2,1-2H3,(H,24,26)/t22-/m1/s1. The minimum atomic E-state index is -0.488. The smallest absolute Gasteiger partial charge is 0.261 e. The number of morpholine rings is 1. The van der Waals surface area contributed by atoms with Gasteiger partial charge in [-0.05, 0) is 42.2 Å². The zero-order valence-electron chi connectivity index (χ0n) is 16.8. The zero-order valence-corrected chi connectivity index (χ0v) is 16.8. The first-order valence-electron chi connectivity index (χ1n) is 10.0. The summed E-state index contributed by atoms with van der Waals surface area (Å²) >= 11 is 0. The second-order valence-corrected chi connectivity index (χ2v) is 7.26. The number of rotatable bonds is 8. The fourth-order valence-electron chi connectivity index (χ4n) is 3.33. The van der Waals surface area contributed by atoms with E-state index in [1.54, 1.807) is 0 Å². The minimum Gasteiger partial charge on any atom is -0.481 e. The van der Waals surface area contributed by atoms with E-state index in [2.05, 4.69) is 28.4 Å². The molecule has 2 aromatic carbocycles. The number of carbonyl (C=O) groups is 1. The molecule has 0 bridgehead atoms. The molecular weight excluding hydrogens is 352 g/mol. The van der Waals surface area contributed by atoms with Crippen molar-refractivity contribution in [1.82, 2.24) is 10.2 Å². The number of ether oxygens (including phenoxy) is 2. The summed E-state index contributed by atoms with van der Waals surface area (Å²) in [5, 5.41) is 3.02. The van der Waals surface area contributed by atoms with E-state index in [4.69, 9.17) is 9.47 Å². The van der Waals surface area contributed by atoms with Crippen LogP contribution in [0.25, 0.3) is 0 Å². The van der Waals surface area contributed by atoms with Crippen LogP contribution in [0.15, 0.2) is 48.5 Å². The predicted octanol–water partition coefficient (Wildman–Crippen LogP) is 3.30. The van der Waals surface area contributed by atoms with Gasteiger partial charge in [-0.25, -0.2) is 0 Å². The molecule has 3 rings (SSSR count). The van der Waals surface area contributed by atoms with E-state index < -0.39 is 6.10 Å². The Balaban J connectivity index is 1.53. The van der Waals surface area contributed by atoms with Gasteiger partial charge in [0.2, 0.25) is 0 Å². The summed E-state index contributed by atoms with van der Waals surface area (Å²) in [7, 11) is 0. The Labute approximate surface area is 167 Å². The molecule has 0 unspecified atom stereocenters. The third-order valence-electron chi connectivity index (χ3n) is 4.90. The van der Waals surface area contributed by atoms with Gasteiger partial charge < -0.3 is 14.8 Å². The van der Waals surface area contributed by atoms with E-state index >= 15 is 0 Å². The number of aryl methyl sites for hydroxylation is 1. The maximum absolute atomic E-state index is 12.6. The molecule has 1 N–H and O–H groups in total. The molecule has 0 aliphatic carbocycles. The molecule has 5 heteroatoms. The Morgan fingerprint density at radius 3 is 2.64 bits per heavy atom. The zero-order chi connectivity index (χ0) is 19.8. The lowest BCUT2D eigenvalue weighted by atomic mass is 10.1. The lowest BCUT2D eigenvalue weighted by Crippen LogP contribution is -2.37. The number of benzene rings is 2. The van der Waals surface area contributed by atoms with Crippen LogP contribution >= 0.6 is 0 Å². The normalized spacial score (nSPS) is 15.8. The summed E-state index contributed by atoms with van der Waals surface area (Å²) in [6.45, 7) is 8.93. The van der Waals surface area contributed by atoms with Gasteiger partial charge in [-0.3, -0.25) is 9.69 Å². The summed E-state index contributed by atoms with van der Waals surface area (Å²) in [6.07, 6.45) is 0.134. The molecule has 0 saturated carbocycles. The van der Waals surface area contributed by atoms with Gasteiger partial charge in [0, 0.05) is 26.2 Å². The summed E-state index contributed by atoms with van der Waals surface area (Å²) < 4.78 is 11.3. The van der Waals surface area contributed by atoms with Crippen molar-refractivity contribution in [2.24, 2.45) is 0 Å². The monoisotopic (exact) mass is 382 g/mol. The van der Waals surface area contributed by atoms with Gasteiger partial charge in [-0.2, -0.15) is 0 Å². The van der Waals surface area contributed by atoms with Crippen LogP contribution in [0.2, 0.25) is 0 Å². The average molecular weight is 383 g/mol. The third-order valence-corrected chi connectivity index (χ3v) is 4.90. The maximum atomic E-state index is 12.6. The Bertz CT molecular complexity index is 772. The first kappa shape index (κ1) is 20.4. The van der Waals surface area contributed by atoms with E-state index in [0.29, 0.717) is 13.0 Å². The minimum absolute atomic E-state index is 0.0809. The van der Waals surface area contributed by atoms with Crippen LogP contribution in [0, 0.1) is 6.92 Å². The second-order valence-electron chi connectivity index (χ2n) is 7.26. The first-order valence-corrected chi connectivity index (χ1v) is 10.0. The number of nitrogens with zero attached hydrogens (tertiary/aromatic N) is 1. The van der Waals surface area contributed by atoms with Gasteiger partial charge in [-0.1, -0.05) is 43.3 Å². The van der Waals surface area contributed by atoms with Crippen LogP contribution < -0.4 is 10.1 Å². The van der Waals surface area contributed by atoms with Gasteiger partial charge in [0.25, 0.3) is 5.91 Å². The Morgan fingerprint density at radius 2 is 1.89 bits per heavy atom. The van der Waals surface area contributed by atoms with Crippen LogP contribution in [0.3, 0.4) is 0 Å². The summed E-state index contributed by atoms with van der Waals surface area (Å²) in [5.41, 5.74) is 3.48. The van der Waals surface area contributed by atoms with Crippen LogP contribution in [-0.4, -0.2) is 43.2 Å². The molecule has 0 aromatic heterocycles. The summed E-state index contributed by atoms with van der Waals surface area (Å²) in [6, 6.07) is 16.2. The highest BCUT2D eigenvalue weighted by Gasteiger charge is 2.18. The molecule has 150 valence electrons. The van der Waals surface area contributed by atoms with Crippen LogP contribution in [0.1, 0.15) is 30.0 Å². The van der Waals surface area contributed by atoms with E-state index in [0.717, 1.165) is 49.7 Å². The number of hydrogen-bond donors (Lipinski definition) is 1. The Morgan fingerprint density at radius 1 is 1.14 bits per heavy atom. The number of amides is 1. The van der Waals surface area contributed by atoms with Crippen molar-refractivity contribution in [3.05, 3.63) is 65.2 Å². The lowest BCUT2D eigenvalue weighted by molar-refractivity contribution is -0.128. The van der Waals surface area contributed by atoms with E-state index in [1.807, 2.05) is 44.2 Å². The molecular formula is C23H30N2O3. The summed E-state index contributed by atoms with van der Waals surface area (Å²) in [4.78, 5) is 15.0. The lowest BCUT2D eigenvalue weighted by Gasteiger charge is -2.26. The molecule has 1 atom stereocenters. The Hall–Kier alpha value is -2.37. The predicted molar refractivity (Wildman–Crippen MR) is 110 cm³/mol. The van der Waals surface area contributed by atoms with E-state index in [-0.39, 0.29) is 5.91 Å². The molecule has 2 aromatic rings. The van der Waals surface area contributed by atoms with E-state index in [1.165, 1.54) is 5.56 Å². The molecule has 1 aliphatic heterocycles. The quantitative estimate of drug-likeness (QED) is 0.761. The van der Waals surface area contributed by atoms with Crippen LogP contribution in [0.4, 0.5) is 0 Å². The fraction of sp³-hybridized carbons (Fsp3) is 0.435. The van der Waals surface area contributed by atoms with Crippen molar-refractivity contribution in [3.63, 3.8) is 0 Å². The van der Waals surface area contributed by atoms with Gasteiger partial charge in [0.1, 0.15) is 5.75 Å². The second kappa shape index (κ2) is 10.2. The van der Waals surface area contributed by atoms with Crippen molar-refractivity contribution in [2.75, 3.05) is 26.3 Å². The van der Waals surface area contributed by atoms with Gasteiger partial charge in [0.05, 0.1) is 13.2 Å². The van der Waals surface area contributed by atoms with Crippen molar-refractivity contribution >= 4 is 5.91 Å². The maximum Gasteiger partial charge on any atom is 0.261 e. The van der Waals surface area contributed by atoms with Crippen molar-refractivity contribution < 1.29 is 14.3 Å². The van der Waals surface area contributed by atoms with Gasteiger partial charge in [0.15, 0.2) is 6.10 Å². The van der Waals surface area contributed by atoms with Crippen molar-refractivity contribution in [3.8, 4) is 5.75 Å². The van der Waals surface area contributed by atoms with Crippen LogP contribution in [-0.2, 0) is 22.6 Å². The largest absolute Gasteiger partial charge is 0.481 e. The molecule has 1 saturated heterocycles. The molecule has 1 heterocycles. The van der Waals surface area contributed by atoms with Crippen LogP contribution in [0.5, 0.6) is 5.75 Å². The molecule has 0 spiro atoms. The third kappa shape index (κ3) is 6.08. The number of carbonyl (C=O) groups excluding carboxylic acids is 1. The highest BCUT2D eigenvalue weighted by atomic mass is 16.5. The summed E-state index contributed by atoms with van der Waals surface area (Å²) in [5.74, 6) is 0.650. The van der Waals surface area contributed by atoms with E-state index in [9.17, 15) is 4.79 Å². The van der Waals surface area contributed by atoms with Crippen molar-refractivity contribution in [2.45, 2.75) is 39.5 Å². The van der Waals surface area contributed by atoms with Gasteiger partial charge >= 0.3 is 0 Å². The average Bonchev–Trinajstić information content (AvgIpc) is 2.71. The first-order chi connectivity index (χ1) is 13.6. The highest BCUT2D eigenvalue weighted by molar-refractivity contribution is 5.81. The fourth-order valence-corrected chi connectivity index (χ4v) is 3.33. The Kier molecular flexibility index (Phi) is 7.46. The SMILES string of the molecule is CC[C@@H](Oc1cccc(C)c1)C(=O)NCc1cccc(CN2CCOCC2)c1. The van der Waals surface area contributed by atoms with Gasteiger partial charge in [-0.15, -0.1) is 0 Å². The molecule has 0 radical (unpaired) electrons.